The highest BCUT2D eigenvalue weighted by Crippen LogP contribution is 2.30. The highest BCUT2D eigenvalue weighted by Gasteiger charge is 2.41. The maximum absolute atomic E-state index is 13.4. The molecular weight excluding hydrogens is 259 g/mol. The highest BCUT2D eigenvalue weighted by atomic mass is 19.1. The van der Waals surface area contributed by atoms with Gasteiger partial charge in [0.25, 0.3) is 0 Å². The summed E-state index contributed by atoms with van der Waals surface area (Å²) in [6.07, 6.45) is 2.40. The second-order valence-electron chi connectivity index (χ2n) is 5.42. The summed E-state index contributed by atoms with van der Waals surface area (Å²) in [4.78, 5) is 13.4. The Morgan fingerprint density at radius 1 is 1.50 bits per heavy atom. The minimum absolute atomic E-state index is 0.258. The lowest BCUT2D eigenvalue weighted by atomic mass is 9.88. The van der Waals surface area contributed by atoms with Crippen molar-refractivity contribution in [1.82, 2.24) is 4.90 Å². The van der Waals surface area contributed by atoms with Crippen LogP contribution < -0.4 is 0 Å². The summed E-state index contributed by atoms with van der Waals surface area (Å²) >= 11 is 0. The van der Waals surface area contributed by atoms with Crippen LogP contribution in [0.5, 0.6) is 0 Å². The van der Waals surface area contributed by atoms with Crippen LogP contribution in [-0.4, -0.2) is 28.1 Å². The van der Waals surface area contributed by atoms with Crippen molar-refractivity contribution >= 4 is 5.97 Å². The third kappa shape index (κ3) is 2.81. The number of hydrogen-bond acceptors (Lipinski definition) is 3. The molecule has 0 aromatic heterocycles. The lowest BCUT2D eigenvalue weighted by Gasteiger charge is -2.41. The van der Waals surface area contributed by atoms with Crippen molar-refractivity contribution in [3.63, 3.8) is 0 Å². The topological polar surface area (TPSA) is 64.3 Å². The first kappa shape index (κ1) is 14.5. The number of nitrogens with zero attached hydrogens (tertiary/aromatic N) is 2. The molecule has 1 saturated heterocycles. The summed E-state index contributed by atoms with van der Waals surface area (Å²) < 4.78 is 13.4. The number of halogens is 1. The zero-order valence-electron chi connectivity index (χ0n) is 11.4. The Kier molecular flexibility index (Phi) is 4.05. The van der Waals surface area contributed by atoms with Crippen LogP contribution in [0.15, 0.2) is 18.2 Å². The van der Waals surface area contributed by atoms with E-state index in [0.29, 0.717) is 25.1 Å². The summed E-state index contributed by atoms with van der Waals surface area (Å²) in [6.45, 7) is 2.72. The third-order valence-electron chi connectivity index (χ3n) is 3.96. The van der Waals surface area contributed by atoms with Gasteiger partial charge in [0.15, 0.2) is 0 Å². The third-order valence-corrected chi connectivity index (χ3v) is 3.96. The maximum atomic E-state index is 13.4. The van der Waals surface area contributed by atoms with Crippen LogP contribution in [0.2, 0.25) is 0 Å². The minimum Gasteiger partial charge on any atom is -0.480 e. The number of nitriles is 1. The Labute approximate surface area is 117 Å². The molecule has 1 aliphatic heterocycles. The molecule has 1 heterocycles. The molecule has 1 fully saturated rings. The van der Waals surface area contributed by atoms with Crippen LogP contribution in [0, 0.1) is 17.1 Å². The number of piperidine rings is 1. The fraction of sp³-hybridized carbons (Fsp3) is 0.467. The SMILES string of the molecule is CC1(C(=O)O)CCCCN1Cc1cc(F)cc(C#N)c1. The lowest BCUT2D eigenvalue weighted by Crippen LogP contribution is -2.54. The Morgan fingerprint density at radius 3 is 2.90 bits per heavy atom. The summed E-state index contributed by atoms with van der Waals surface area (Å²) in [5.74, 6) is -1.32. The summed E-state index contributed by atoms with van der Waals surface area (Å²) in [7, 11) is 0. The molecule has 0 bridgehead atoms. The predicted octanol–water partition coefficient (Wildman–Crippen LogP) is 2.53. The van der Waals surface area contributed by atoms with Crippen molar-refractivity contribution in [2.45, 2.75) is 38.3 Å². The molecule has 0 saturated carbocycles. The maximum Gasteiger partial charge on any atom is 0.323 e. The van der Waals surface area contributed by atoms with Crippen molar-refractivity contribution in [2.24, 2.45) is 0 Å². The first-order valence-electron chi connectivity index (χ1n) is 6.64. The van der Waals surface area contributed by atoms with Crippen molar-refractivity contribution in [3.8, 4) is 6.07 Å². The van der Waals surface area contributed by atoms with Crippen LogP contribution in [0.1, 0.15) is 37.3 Å². The van der Waals surface area contributed by atoms with Crippen molar-refractivity contribution in [1.29, 1.82) is 5.26 Å². The van der Waals surface area contributed by atoms with E-state index in [2.05, 4.69) is 0 Å². The van der Waals surface area contributed by atoms with E-state index in [1.807, 2.05) is 11.0 Å². The molecule has 0 amide bonds. The molecule has 106 valence electrons. The zero-order chi connectivity index (χ0) is 14.8. The van der Waals surface area contributed by atoms with Crippen LogP contribution in [0.25, 0.3) is 0 Å². The molecule has 20 heavy (non-hydrogen) atoms. The van der Waals surface area contributed by atoms with Crippen molar-refractivity contribution in [3.05, 3.63) is 35.1 Å². The van der Waals surface area contributed by atoms with Gasteiger partial charge in [-0.3, -0.25) is 9.69 Å². The molecule has 1 unspecified atom stereocenters. The molecule has 1 N–H and O–H groups in total. The second-order valence-corrected chi connectivity index (χ2v) is 5.42. The average Bonchev–Trinajstić information content (AvgIpc) is 2.40. The second kappa shape index (κ2) is 5.59. The van der Waals surface area contributed by atoms with Gasteiger partial charge in [-0.15, -0.1) is 0 Å². The van der Waals surface area contributed by atoms with E-state index >= 15 is 0 Å². The van der Waals surface area contributed by atoms with Gasteiger partial charge >= 0.3 is 5.97 Å². The van der Waals surface area contributed by atoms with Gasteiger partial charge in [-0.25, -0.2) is 4.39 Å². The number of aliphatic carboxylic acids is 1. The molecule has 5 heteroatoms. The number of carboxylic acid groups (broad SMARTS) is 1. The van der Waals surface area contributed by atoms with E-state index in [-0.39, 0.29) is 5.56 Å². The molecule has 2 rings (SSSR count). The molecule has 0 aliphatic carbocycles. The Bertz CT molecular complexity index is 567. The van der Waals surface area contributed by atoms with Gasteiger partial charge in [-0.2, -0.15) is 5.26 Å². The summed E-state index contributed by atoms with van der Waals surface area (Å²) in [6, 6.07) is 6.06. The van der Waals surface area contributed by atoms with E-state index in [4.69, 9.17) is 5.26 Å². The predicted molar refractivity (Wildman–Crippen MR) is 71.4 cm³/mol. The van der Waals surface area contributed by atoms with Gasteiger partial charge in [0.05, 0.1) is 11.6 Å². The van der Waals surface area contributed by atoms with Crippen LogP contribution in [0.3, 0.4) is 0 Å². The summed E-state index contributed by atoms with van der Waals surface area (Å²) in [5, 5.41) is 18.3. The van der Waals surface area contributed by atoms with E-state index < -0.39 is 17.3 Å². The molecule has 1 atom stereocenters. The number of carbonyl (C=O) groups is 1. The number of hydrogen-bond donors (Lipinski definition) is 1. The smallest absolute Gasteiger partial charge is 0.323 e. The van der Waals surface area contributed by atoms with E-state index in [1.165, 1.54) is 12.1 Å². The molecular formula is C15H17FN2O2. The fourth-order valence-corrected chi connectivity index (χ4v) is 2.70. The minimum atomic E-state index is -0.919. The van der Waals surface area contributed by atoms with Gasteiger partial charge in [0.1, 0.15) is 11.4 Å². The molecule has 0 radical (unpaired) electrons. The Hall–Kier alpha value is -1.93. The number of carboxylic acids is 1. The summed E-state index contributed by atoms with van der Waals surface area (Å²) in [5.41, 5.74) is -0.0258. The average molecular weight is 276 g/mol. The lowest BCUT2D eigenvalue weighted by molar-refractivity contribution is -0.153. The van der Waals surface area contributed by atoms with Crippen LogP contribution >= 0.6 is 0 Å². The Balaban J connectivity index is 2.26. The van der Waals surface area contributed by atoms with E-state index in [0.717, 1.165) is 12.8 Å². The molecule has 1 aromatic rings. The Morgan fingerprint density at radius 2 is 2.25 bits per heavy atom. The van der Waals surface area contributed by atoms with Crippen molar-refractivity contribution < 1.29 is 14.3 Å². The molecule has 1 aliphatic rings. The largest absolute Gasteiger partial charge is 0.480 e. The molecule has 4 nitrogen and oxygen atoms in total. The molecule has 1 aromatic carbocycles. The first-order chi connectivity index (χ1) is 9.45. The van der Waals surface area contributed by atoms with Gasteiger partial charge in [0, 0.05) is 6.54 Å². The number of rotatable bonds is 3. The molecule has 0 spiro atoms. The van der Waals surface area contributed by atoms with Crippen LogP contribution in [-0.2, 0) is 11.3 Å². The van der Waals surface area contributed by atoms with Crippen LogP contribution in [0.4, 0.5) is 4.39 Å². The van der Waals surface area contributed by atoms with Crippen molar-refractivity contribution in [2.75, 3.05) is 6.54 Å². The monoisotopic (exact) mass is 276 g/mol. The first-order valence-corrected chi connectivity index (χ1v) is 6.64. The van der Waals surface area contributed by atoms with E-state index in [9.17, 15) is 14.3 Å². The van der Waals surface area contributed by atoms with Gasteiger partial charge < -0.3 is 5.11 Å². The quantitative estimate of drug-likeness (QED) is 0.921. The van der Waals surface area contributed by atoms with Gasteiger partial charge in [-0.1, -0.05) is 0 Å². The highest BCUT2D eigenvalue weighted by molar-refractivity contribution is 5.78. The zero-order valence-corrected chi connectivity index (χ0v) is 11.4. The number of benzene rings is 1. The van der Waals surface area contributed by atoms with Gasteiger partial charge in [0.2, 0.25) is 0 Å². The number of likely N-dealkylation sites (tertiary alicyclic amines) is 1. The fourth-order valence-electron chi connectivity index (χ4n) is 2.70. The van der Waals surface area contributed by atoms with Gasteiger partial charge in [-0.05, 0) is 56.5 Å². The van der Waals surface area contributed by atoms with E-state index in [1.54, 1.807) is 13.0 Å². The normalized spacial score (nSPS) is 23.2. The standard InChI is InChI=1S/C15H17FN2O2/c1-15(14(19)20)4-2-3-5-18(15)10-12-6-11(9-17)7-13(16)8-12/h6-8H,2-5,10H2,1H3,(H,19,20).